The minimum atomic E-state index is -0.0355. The monoisotopic (exact) mass is 426 g/mol. The summed E-state index contributed by atoms with van der Waals surface area (Å²) in [7, 11) is 0. The van der Waals surface area contributed by atoms with Crippen LogP contribution in [0.4, 0.5) is 11.4 Å². The number of fused-ring (bicyclic) bond motifs is 2. The highest BCUT2D eigenvalue weighted by molar-refractivity contribution is 6.02. The Labute approximate surface area is 187 Å². The van der Waals surface area contributed by atoms with Crippen LogP contribution in [0.15, 0.2) is 58.5 Å². The van der Waals surface area contributed by atoms with E-state index < -0.39 is 0 Å². The number of ketones is 1. The molecule has 3 heterocycles. The first-order valence-electron chi connectivity index (χ1n) is 10.8. The number of rotatable bonds is 4. The maximum absolute atomic E-state index is 12.2. The molecule has 2 aliphatic heterocycles. The van der Waals surface area contributed by atoms with Gasteiger partial charge in [0.2, 0.25) is 0 Å². The third kappa shape index (κ3) is 3.30. The second kappa shape index (κ2) is 7.75. The SMILES string of the molecule is CC(=O)/C=C(/c1ccc(N2C(C)=NC3C=NCCC32)cc1)n1c(C)nc2cccc(N)c21. The van der Waals surface area contributed by atoms with E-state index in [1.807, 2.05) is 55.0 Å². The molecular weight excluding hydrogens is 400 g/mol. The molecule has 7 nitrogen and oxygen atoms in total. The van der Waals surface area contributed by atoms with Crippen LogP contribution in [0.3, 0.4) is 0 Å². The lowest BCUT2D eigenvalue weighted by Gasteiger charge is -2.30. The minimum absolute atomic E-state index is 0.0355. The average Bonchev–Trinajstić information content (AvgIpc) is 3.28. The van der Waals surface area contributed by atoms with Crippen molar-refractivity contribution >= 4 is 45.9 Å². The Kier molecular flexibility index (Phi) is 4.89. The van der Waals surface area contributed by atoms with Gasteiger partial charge in [0.25, 0.3) is 0 Å². The van der Waals surface area contributed by atoms with E-state index in [1.165, 1.54) is 0 Å². The van der Waals surface area contributed by atoms with Gasteiger partial charge in [-0.25, -0.2) is 4.98 Å². The van der Waals surface area contributed by atoms with Gasteiger partial charge >= 0.3 is 0 Å². The fraction of sp³-hybridized carbons (Fsp3) is 0.280. The van der Waals surface area contributed by atoms with Crippen LogP contribution in [0.5, 0.6) is 0 Å². The number of nitrogens with two attached hydrogens (primary N) is 1. The highest BCUT2D eigenvalue weighted by atomic mass is 16.1. The molecule has 2 N–H and O–H groups in total. The number of hydrogen-bond acceptors (Lipinski definition) is 6. The molecule has 0 aliphatic carbocycles. The lowest BCUT2D eigenvalue weighted by atomic mass is 10.0. The molecule has 1 aromatic heterocycles. The predicted octanol–water partition coefficient (Wildman–Crippen LogP) is 3.86. The van der Waals surface area contributed by atoms with Crippen molar-refractivity contribution in [2.24, 2.45) is 9.98 Å². The molecule has 3 aromatic rings. The van der Waals surface area contributed by atoms with Crippen LogP contribution >= 0.6 is 0 Å². The van der Waals surface area contributed by atoms with Crippen molar-refractivity contribution in [2.45, 2.75) is 39.3 Å². The summed E-state index contributed by atoms with van der Waals surface area (Å²) >= 11 is 0. The smallest absolute Gasteiger partial charge is 0.154 e. The van der Waals surface area contributed by atoms with Crippen molar-refractivity contribution in [1.82, 2.24) is 9.55 Å². The molecule has 0 radical (unpaired) electrons. The van der Waals surface area contributed by atoms with Crippen molar-refractivity contribution in [3.05, 3.63) is 59.9 Å². The number of imidazole rings is 1. The third-order valence-corrected chi connectivity index (χ3v) is 6.12. The van der Waals surface area contributed by atoms with E-state index in [1.54, 1.807) is 13.0 Å². The second-order valence-corrected chi connectivity index (χ2v) is 8.34. The number of carbonyl (C=O) groups excluding carboxylic acids is 1. The molecule has 2 aliphatic rings. The largest absolute Gasteiger partial charge is 0.397 e. The van der Waals surface area contributed by atoms with Gasteiger partial charge in [-0.1, -0.05) is 18.2 Å². The number of aliphatic imine (C=N–C) groups is 2. The Balaban J connectivity index is 1.57. The molecule has 0 saturated carbocycles. The maximum atomic E-state index is 12.2. The molecule has 0 saturated heterocycles. The van der Waals surface area contributed by atoms with Crippen LogP contribution in [-0.2, 0) is 4.79 Å². The number of aromatic nitrogens is 2. The Morgan fingerprint density at radius 1 is 1.16 bits per heavy atom. The van der Waals surface area contributed by atoms with E-state index in [0.29, 0.717) is 11.7 Å². The number of benzene rings is 2. The molecule has 0 spiro atoms. The number of anilines is 2. The van der Waals surface area contributed by atoms with Gasteiger partial charge in [0.15, 0.2) is 5.78 Å². The molecular formula is C25H26N6O. The lowest BCUT2D eigenvalue weighted by Crippen LogP contribution is -2.41. The van der Waals surface area contributed by atoms with E-state index in [0.717, 1.165) is 52.6 Å². The van der Waals surface area contributed by atoms with E-state index in [9.17, 15) is 4.79 Å². The first kappa shape index (κ1) is 20.2. The van der Waals surface area contributed by atoms with Gasteiger partial charge in [-0.05, 0) is 57.0 Å². The number of hydrogen-bond donors (Lipinski definition) is 1. The number of nitrogen functional groups attached to an aromatic ring is 1. The number of carbonyl (C=O) groups is 1. The van der Waals surface area contributed by atoms with Crippen molar-refractivity contribution < 1.29 is 4.79 Å². The number of para-hydroxylation sites is 1. The zero-order valence-corrected chi connectivity index (χ0v) is 18.5. The van der Waals surface area contributed by atoms with Crippen LogP contribution in [0, 0.1) is 6.92 Å². The molecule has 2 unspecified atom stereocenters. The van der Waals surface area contributed by atoms with Gasteiger partial charge in [-0.15, -0.1) is 0 Å². The normalized spacial score (nSPS) is 20.5. The molecule has 2 aromatic carbocycles. The molecule has 7 heteroatoms. The molecule has 162 valence electrons. The molecule has 0 amide bonds. The van der Waals surface area contributed by atoms with Gasteiger partial charge in [-0.2, -0.15) is 0 Å². The molecule has 0 fully saturated rings. The summed E-state index contributed by atoms with van der Waals surface area (Å²) in [4.78, 5) is 28.3. The second-order valence-electron chi connectivity index (χ2n) is 8.34. The topological polar surface area (TPSA) is 88.9 Å². The predicted molar refractivity (Wildman–Crippen MR) is 131 cm³/mol. The van der Waals surface area contributed by atoms with E-state index in [-0.39, 0.29) is 11.8 Å². The molecule has 5 rings (SSSR count). The summed E-state index contributed by atoms with van der Waals surface area (Å²) in [6.45, 7) is 6.36. The third-order valence-electron chi connectivity index (χ3n) is 6.12. The zero-order chi connectivity index (χ0) is 22.4. The minimum Gasteiger partial charge on any atom is -0.397 e. The number of nitrogens with zero attached hydrogens (tertiary/aromatic N) is 5. The summed E-state index contributed by atoms with van der Waals surface area (Å²) in [6, 6.07) is 14.4. The van der Waals surface area contributed by atoms with Gasteiger partial charge in [0.05, 0.1) is 28.5 Å². The van der Waals surface area contributed by atoms with E-state index in [4.69, 9.17) is 10.7 Å². The van der Waals surface area contributed by atoms with Gasteiger partial charge < -0.3 is 10.6 Å². The van der Waals surface area contributed by atoms with Crippen molar-refractivity contribution in [2.75, 3.05) is 17.2 Å². The molecule has 32 heavy (non-hydrogen) atoms. The van der Waals surface area contributed by atoms with Crippen LogP contribution in [0.2, 0.25) is 0 Å². The summed E-state index contributed by atoms with van der Waals surface area (Å²) in [5.74, 6) is 1.75. The van der Waals surface area contributed by atoms with Crippen molar-refractivity contribution in [3.8, 4) is 0 Å². The standard InChI is InChI=1S/C25H26N6O/c1-15(32)13-24(31-17(3)28-21-6-4-5-20(26)25(21)31)18-7-9-19(10-8-18)30-16(2)29-22-14-27-12-11-23(22)30/h4-10,13-14,22-23H,11-12,26H2,1-3H3/b24-13-. The Morgan fingerprint density at radius 2 is 1.94 bits per heavy atom. The summed E-state index contributed by atoms with van der Waals surface area (Å²) < 4.78 is 1.97. The van der Waals surface area contributed by atoms with E-state index >= 15 is 0 Å². The highest BCUT2D eigenvalue weighted by Gasteiger charge is 2.35. The quantitative estimate of drug-likeness (QED) is 0.507. The summed E-state index contributed by atoms with van der Waals surface area (Å²) in [5, 5.41) is 0. The Morgan fingerprint density at radius 3 is 2.69 bits per heavy atom. The Hall–Kier alpha value is -3.74. The lowest BCUT2D eigenvalue weighted by molar-refractivity contribution is -0.112. The van der Waals surface area contributed by atoms with Gasteiger partial charge in [0.1, 0.15) is 17.7 Å². The van der Waals surface area contributed by atoms with Crippen LogP contribution in [0.1, 0.15) is 31.7 Å². The fourth-order valence-electron chi connectivity index (χ4n) is 4.78. The number of amidine groups is 1. The van der Waals surface area contributed by atoms with Gasteiger partial charge in [0, 0.05) is 24.5 Å². The van der Waals surface area contributed by atoms with Crippen LogP contribution in [0.25, 0.3) is 16.7 Å². The van der Waals surface area contributed by atoms with E-state index in [2.05, 4.69) is 27.0 Å². The maximum Gasteiger partial charge on any atom is 0.154 e. The van der Waals surface area contributed by atoms with Crippen molar-refractivity contribution in [3.63, 3.8) is 0 Å². The fourth-order valence-corrected chi connectivity index (χ4v) is 4.78. The summed E-state index contributed by atoms with van der Waals surface area (Å²) in [6.07, 6.45) is 4.60. The summed E-state index contributed by atoms with van der Waals surface area (Å²) in [5.41, 5.74) is 11.3. The van der Waals surface area contributed by atoms with Crippen molar-refractivity contribution in [1.29, 1.82) is 0 Å². The molecule has 0 bridgehead atoms. The van der Waals surface area contributed by atoms with Crippen LogP contribution < -0.4 is 10.6 Å². The number of allylic oxidation sites excluding steroid dienone is 1. The van der Waals surface area contributed by atoms with Crippen LogP contribution in [-0.4, -0.2) is 46.0 Å². The first-order valence-corrected chi connectivity index (χ1v) is 10.8. The zero-order valence-electron chi connectivity index (χ0n) is 18.5. The molecule has 2 atom stereocenters. The number of aryl methyl sites for hydroxylation is 1. The Bertz CT molecular complexity index is 1300. The highest BCUT2D eigenvalue weighted by Crippen LogP contribution is 2.32. The average molecular weight is 427 g/mol. The first-order chi connectivity index (χ1) is 15.4. The van der Waals surface area contributed by atoms with Gasteiger partial charge in [-0.3, -0.25) is 19.3 Å².